The van der Waals surface area contributed by atoms with E-state index >= 15 is 0 Å². The third kappa shape index (κ3) is 3.56. The first kappa shape index (κ1) is 15.0. The van der Waals surface area contributed by atoms with Crippen molar-refractivity contribution in [1.82, 2.24) is 19.5 Å². The van der Waals surface area contributed by atoms with Crippen LogP contribution in [0.2, 0.25) is 0 Å². The third-order valence-electron chi connectivity index (χ3n) is 2.78. The van der Waals surface area contributed by atoms with Gasteiger partial charge in [-0.25, -0.2) is 15.0 Å². The van der Waals surface area contributed by atoms with Gasteiger partial charge in [-0.1, -0.05) is 6.30 Å². The van der Waals surface area contributed by atoms with Crippen LogP contribution in [0.5, 0.6) is 0 Å². The number of nitrogens with zero attached hydrogens (tertiary/aromatic N) is 4. The second-order valence-electron chi connectivity index (χ2n) is 4.99. The average molecular weight is 297 g/mol. The molecule has 0 aromatic carbocycles. The molecular weight excluding hydrogens is 277 g/mol. The molecule has 0 spiro atoms. The van der Waals surface area contributed by atoms with Gasteiger partial charge in [0.15, 0.2) is 11.5 Å². The Morgan fingerprint density at radius 2 is 2.20 bits per heavy atom. The van der Waals surface area contributed by atoms with E-state index in [0.29, 0.717) is 24.3 Å². The second kappa shape index (κ2) is 5.91. The van der Waals surface area contributed by atoms with Gasteiger partial charge in [0, 0.05) is 14.2 Å². The van der Waals surface area contributed by atoms with Crippen LogP contribution in [0.4, 0.5) is 5.82 Å². The van der Waals surface area contributed by atoms with Crippen molar-refractivity contribution in [3.8, 4) is 0 Å². The molecule has 0 bridgehead atoms. The van der Waals surface area contributed by atoms with Crippen LogP contribution in [0.3, 0.4) is 0 Å². The fraction of sp³-hybridized carbons (Fsp3) is 0.500. The normalized spacial score (nSPS) is 26.1. The van der Waals surface area contributed by atoms with Crippen molar-refractivity contribution in [2.24, 2.45) is 7.05 Å². The molecule has 1 fully saturated rings. The first-order valence-corrected chi connectivity index (χ1v) is 8.75. The van der Waals surface area contributed by atoms with Crippen LogP contribution >= 0.6 is 7.11 Å². The molecule has 1 aliphatic heterocycles. The first-order valence-electron chi connectivity index (χ1n) is 6.22. The van der Waals surface area contributed by atoms with Gasteiger partial charge >= 0.3 is 0 Å². The van der Waals surface area contributed by atoms with Gasteiger partial charge in [-0.2, -0.15) is 0 Å². The summed E-state index contributed by atoms with van der Waals surface area (Å²) in [6.45, 7) is 4.77. The molecule has 2 aromatic heterocycles. The van der Waals surface area contributed by atoms with Crippen molar-refractivity contribution in [1.29, 1.82) is 0 Å². The van der Waals surface area contributed by atoms with Gasteiger partial charge in [0.1, 0.15) is 11.8 Å². The van der Waals surface area contributed by atoms with E-state index in [4.69, 9.17) is 15.0 Å². The molecular formula is C12H20N5O2P. The summed E-state index contributed by atoms with van der Waals surface area (Å²) in [5, 5.41) is 0. The first-order chi connectivity index (χ1) is 9.39. The molecule has 2 N–H and O–H groups in total. The number of aryl methyl sites for hydroxylation is 1. The lowest BCUT2D eigenvalue weighted by Gasteiger charge is -2.29. The molecule has 8 heteroatoms. The molecule has 3 rings (SSSR count). The highest BCUT2D eigenvalue weighted by Crippen LogP contribution is 2.44. The predicted octanol–water partition coefficient (Wildman–Crippen LogP) is 1.32. The minimum absolute atomic E-state index is 0.264. The summed E-state index contributed by atoms with van der Waals surface area (Å²) in [5.41, 5.74) is 6.97. The van der Waals surface area contributed by atoms with E-state index in [2.05, 4.69) is 21.3 Å². The van der Waals surface area contributed by atoms with Gasteiger partial charge in [-0.3, -0.25) is 0 Å². The Bertz CT molecular complexity index is 630. The lowest BCUT2D eigenvalue weighted by atomic mass is 10.4. The molecule has 1 saturated heterocycles. The smallest absolute Gasteiger partial charge is 0.165 e. The highest BCUT2D eigenvalue weighted by atomic mass is 31.2. The number of fused-ring (bicyclic) bond motifs is 1. The van der Waals surface area contributed by atoms with Crippen LogP contribution in [0.25, 0.3) is 11.2 Å². The standard InChI is InChI=1S/C6H7N5.C6H13O2P/c1-11-3-10-4-5(7)8-2-9-6(4)11;1-6-4-8-9(2,3)5-7-6/h2-3H,1H3,(H2,7,8,9);6H,2,4-5H2,1,3H3/t;6-,9?/m.0/s1. The molecule has 0 amide bonds. The van der Waals surface area contributed by atoms with Gasteiger partial charge in [-0.05, 0) is 13.6 Å². The topological polar surface area (TPSA) is 88.1 Å². The summed E-state index contributed by atoms with van der Waals surface area (Å²) in [5.74, 6) is 0.426. The van der Waals surface area contributed by atoms with E-state index in [9.17, 15) is 0 Å². The maximum atomic E-state index is 5.54. The minimum atomic E-state index is -1.35. The number of anilines is 1. The van der Waals surface area contributed by atoms with Crippen molar-refractivity contribution < 1.29 is 9.26 Å². The highest BCUT2D eigenvalue weighted by Gasteiger charge is 2.18. The maximum absolute atomic E-state index is 5.54. The number of hydrogen-bond donors (Lipinski definition) is 1. The number of nitrogen functional groups attached to an aromatic ring is 1. The van der Waals surface area contributed by atoms with E-state index in [1.54, 1.807) is 10.9 Å². The Morgan fingerprint density at radius 3 is 2.75 bits per heavy atom. The number of rotatable bonds is 0. The Kier molecular flexibility index (Phi) is 4.42. The monoisotopic (exact) mass is 297 g/mol. The Hall–Kier alpha value is -1.43. The van der Waals surface area contributed by atoms with E-state index in [0.717, 1.165) is 5.65 Å². The average Bonchev–Trinajstić information content (AvgIpc) is 2.78. The Labute approximate surface area is 118 Å². The van der Waals surface area contributed by atoms with E-state index in [1.165, 1.54) is 6.33 Å². The van der Waals surface area contributed by atoms with Crippen LogP contribution in [-0.2, 0) is 16.3 Å². The zero-order valence-corrected chi connectivity index (χ0v) is 12.9. The van der Waals surface area contributed by atoms with Crippen LogP contribution in [0, 0.1) is 0 Å². The largest absolute Gasteiger partial charge is 0.382 e. The molecule has 2 aromatic rings. The van der Waals surface area contributed by atoms with Crippen LogP contribution in [-0.4, -0.2) is 51.5 Å². The summed E-state index contributed by atoms with van der Waals surface area (Å²) in [4.78, 5) is 11.9. The summed E-state index contributed by atoms with van der Waals surface area (Å²) < 4.78 is 12.6. The fourth-order valence-electron chi connectivity index (χ4n) is 1.62. The van der Waals surface area contributed by atoms with Gasteiger partial charge < -0.3 is 19.6 Å². The van der Waals surface area contributed by atoms with E-state index in [-0.39, 0.29) is 6.10 Å². The second-order valence-corrected chi connectivity index (χ2v) is 8.10. The zero-order valence-electron chi connectivity index (χ0n) is 12.0. The Morgan fingerprint density at radius 1 is 1.45 bits per heavy atom. The van der Waals surface area contributed by atoms with Crippen LogP contribution in [0.15, 0.2) is 12.7 Å². The molecule has 2 atom stereocenters. The lowest BCUT2D eigenvalue weighted by Crippen LogP contribution is -2.22. The SMILES string of the molecule is C=P1(C)CO[C@@H](C)CO1.Cn1cnc2c(N)ncnc21. The van der Waals surface area contributed by atoms with Gasteiger partial charge in [0.25, 0.3) is 0 Å². The summed E-state index contributed by atoms with van der Waals surface area (Å²) >= 11 is 0. The number of imidazole rings is 1. The van der Waals surface area contributed by atoms with Gasteiger partial charge in [0.05, 0.1) is 25.4 Å². The third-order valence-corrected chi connectivity index (χ3v) is 4.25. The number of aromatic nitrogens is 4. The number of hydrogen-bond acceptors (Lipinski definition) is 6. The van der Waals surface area contributed by atoms with Gasteiger partial charge in [-0.15, -0.1) is 0 Å². The fourth-order valence-corrected chi connectivity index (χ4v) is 2.83. The minimum Gasteiger partial charge on any atom is -0.382 e. The van der Waals surface area contributed by atoms with Crippen molar-refractivity contribution in [2.75, 3.05) is 25.4 Å². The van der Waals surface area contributed by atoms with E-state index < -0.39 is 7.11 Å². The molecule has 110 valence electrons. The molecule has 1 aliphatic rings. The predicted molar refractivity (Wildman–Crippen MR) is 82.0 cm³/mol. The summed E-state index contributed by atoms with van der Waals surface area (Å²) in [6.07, 6.45) is 8.00. The zero-order chi connectivity index (χ0) is 14.8. The Balaban J connectivity index is 0.000000151. The number of ether oxygens (including phenoxy) is 1. The maximum Gasteiger partial charge on any atom is 0.165 e. The lowest BCUT2D eigenvalue weighted by molar-refractivity contribution is 0.0345. The summed E-state index contributed by atoms with van der Waals surface area (Å²) in [6, 6.07) is 0. The van der Waals surface area contributed by atoms with E-state index in [1.807, 2.05) is 20.6 Å². The molecule has 1 unspecified atom stereocenters. The van der Waals surface area contributed by atoms with Crippen LogP contribution in [0.1, 0.15) is 6.92 Å². The van der Waals surface area contributed by atoms with Crippen molar-refractivity contribution in [3.63, 3.8) is 0 Å². The van der Waals surface area contributed by atoms with Crippen molar-refractivity contribution in [3.05, 3.63) is 12.7 Å². The molecule has 7 nitrogen and oxygen atoms in total. The number of nitrogens with two attached hydrogens (primary N) is 1. The molecule has 0 aliphatic carbocycles. The molecule has 3 heterocycles. The molecule has 0 saturated carbocycles. The summed E-state index contributed by atoms with van der Waals surface area (Å²) in [7, 11) is 0.517. The highest BCUT2D eigenvalue weighted by molar-refractivity contribution is 7.68. The quantitative estimate of drug-likeness (QED) is 0.738. The van der Waals surface area contributed by atoms with Gasteiger partial charge in [0.2, 0.25) is 0 Å². The molecule has 20 heavy (non-hydrogen) atoms. The molecule has 0 radical (unpaired) electrons. The van der Waals surface area contributed by atoms with Crippen molar-refractivity contribution >= 4 is 30.4 Å². The van der Waals surface area contributed by atoms with Crippen molar-refractivity contribution in [2.45, 2.75) is 13.0 Å². The van der Waals surface area contributed by atoms with Crippen LogP contribution < -0.4 is 5.73 Å².